The zero-order chi connectivity index (χ0) is 13.7. The standard InChI is InChI=1S/C14H20FN3O/c1-16-13-6-3-7-18(9-13)10-14(19)17-12-5-2-4-11(15)8-12/h2,4-5,8,13,16H,3,6-7,9-10H2,1H3,(H,17,19). The molecule has 1 unspecified atom stereocenters. The van der Waals surface area contributed by atoms with Crippen LogP contribution in [0.5, 0.6) is 0 Å². The number of hydrogen-bond donors (Lipinski definition) is 2. The van der Waals surface area contributed by atoms with Gasteiger partial charge in [-0.25, -0.2) is 4.39 Å². The van der Waals surface area contributed by atoms with Gasteiger partial charge in [-0.2, -0.15) is 0 Å². The maximum absolute atomic E-state index is 13.0. The summed E-state index contributed by atoms with van der Waals surface area (Å²) in [6.45, 7) is 2.18. The third-order valence-corrected chi connectivity index (χ3v) is 3.39. The number of carbonyl (C=O) groups is 1. The van der Waals surface area contributed by atoms with Gasteiger partial charge in [0.05, 0.1) is 6.54 Å². The van der Waals surface area contributed by atoms with Crippen molar-refractivity contribution in [1.29, 1.82) is 0 Å². The number of hydrogen-bond acceptors (Lipinski definition) is 3. The molecule has 0 aliphatic carbocycles. The van der Waals surface area contributed by atoms with Gasteiger partial charge < -0.3 is 10.6 Å². The molecular formula is C14H20FN3O. The van der Waals surface area contributed by atoms with E-state index in [9.17, 15) is 9.18 Å². The Bertz CT molecular complexity index is 438. The highest BCUT2D eigenvalue weighted by Crippen LogP contribution is 2.11. The van der Waals surface area contributed by atoms with Gasteiger partial charge in [-0.15, -0.1) is 0 Å². The van der Waals surface area contributed by atoms with E-state index in [-0.39, 0.29) is 11.7 Å². The molecule has 4 nitrogen and oxygen atoms in total. The number of rotatable bonds is 4. The molecule has 1 atom stereocenters. The molecule has 1 fully saturated rings. The molecule has 1 amide bonds. The van der Waals surface area contributed by atoms with E-state index < -0.39 is 0 Å². The molecule has 104 valence electrons. The fourth-order valence-electron chi connectivity index (χ4n) is 2.40. The molecule has 1 aliphatic rings. The lowest BCUT2D eigenvalue weighted by atomic mass is 10.1. The van der Waals surface area contributed by atoms with Gasteiger partial charge in [0.2, 0.25) is 5.91 Å². The summed E-state index contributed by atoms with van der Waals surface area (Å²) in [4.78, 5) is 14.0. The molecule has 2 N–H and O–H groups in total. The first-order valence-corrected chi connectivity index (χ1v) is 6.62. The average molecular weight is 265 g/mol. The Kier molecular flexibility index (Phi) is 4.87. The molecule has 1 aliphatic heterocycles. The molecule has 1 saturated heterocycles. The van der Waals surface area contributed by atoms with Crippen molar-refractivity contribution in [2.24, 2.45) is 0 Å². The Hall–Kier alpha value is -1.46. The molecule has 1 aromatic rings. The fourth-order valence-corrected chi connectivity index (χ4v) is 2.40. The summed E-state index contributed by atoms with van der Waals surface area (Å²) in [6, 6.07) is 6.41. The van der Waals surface area contributed by atoms with Gasteiger partial charge in [0.15, 0.2) is 0 Å². The summed E-state index contributed by atoms with van der Waals surface area (Å²) < 4.78 is 13.0. The van der Waals surface area contributed by atoms with E-state index in [4.69, 9.17) is 0 Å². The highest BCUT2D eigenvalue weighted by atomic mass is 19.1. The second kappa shape index (κ2) is 6.63. The molecule has 0 spiro atoms. The van der Waals surface area contributed by atoms with Crippen molar-refractivity contribution in [2.45, 2.75) is 18.9 Å². The predicted octanol–water partition coefficient (Wildman–Crippen LogP) is 1.45. The average Bonchev–Trinajstić information content (AvgIpc) is 2.38. The quantitative estimate of drug-likeness (QED) is 0.866. The van der Waals surface area contributed by atoms with Crippen LogP contribution < -0.4 is 10.6 Å². The van der Waals surface area contributed by atoms with Gasteiger partial charge in [-0.3, -0.25) is 9.69 Å². The molecular weight excluding hydrogens is 245 g/mol. The second-order valence-electron chi connectivity index (χ2n) is 4.92. The summed E-state index contributed by atoms with van der Waals surface area (Å²) in [6.07, 6.45) is 2.25. The maximum atomic E-state index is 13.0. The molecule has 0 saturated carbocycles. The number of nitrogens with zero attached hydrogens (tertiary/aromatic N) is 1. The first-order valence-electron chi connectivity index (χ1n) is 6.62. The Labute approximate surface area is 113 Å². The molecule has 5 heteroatoms. The van der Waals surface area contributed by atoms with Crippen molar-refractivity contribution in [3.63, 3.8) is 0 Å². The minimum absolute atomic E-state index is 0.0950. The fraction of sp³-hybridized carbons (Fsp3) is 0.500. The minimum atomic E-state index is -0.342. The van der Waals surface area contributed by atoms with Crippen molar-refractivity contribution in [2.75, 3.05) is 32.0 Å². The third kappa shape index (κ3) is 4.29. The van der Waals surface area contributed by atoms with Gasteiger partial charge in [-0.1, -0.05) is 6.07 Å². The minimum Gasteiger partial charge on any atom is -0.325 e. The van der Waals surface area contributed by atoms with E-state index in [1.807, 2.05) is 7.05 Å². The van der Waals surface area contributed by atoms with Crippen molar-refractivity contribution >= 4 is 11.6 Å². The molecule has 19 heavy (non-hydrogen) atoms. The van der Waals surface area contributed by atoms with Gasteiger partial charge >= 0.3 is 0 Å². The SMILES string of the molecule is CNC1CCCN(CC(=O)Nc2cccc(F)c2)C1. The Morgan fingerprint density at radius 2 is 2.37 bits per heavy atom. The third-order valence-electron chi connectivity index (χ3n) is 3.39. The first-order chi connectivity index (χ1) is 9.17. The zero-order valence-electron chi connectivity index (χ0n) is 11.2. The van der Waals surface area contributed by atoms with Gasteiger partial charge in [0.1, 0.15) is 5.82 Å². The van der Waals surface area contributed by atoms with Gasteiger partial charge in [-0.05, 0) is 44.6 Å². The van der Waals surface area contributed by atoms with Crippen LogP contribution in [-0.2, 0) is 4.79 Å². The highest BCUT2D eigenvalue weighted by Gasteiger charge is 2.20. The predicted molar refractivity (Wildman–Crippen MR) is 73.6 cm³/mol. The number of carbonyl (C=O) groups excluding carboxylic acids is 1. The van der Waals surface area contributed by atoms with Crippen LogP contribution in [0.1, 0.15) is 12.8 Å². The monoisotopic (exact) mass is 265 g/mol. The number of nitrogens with one attached hydrogen (secondary N) is 2. The van der Waals surface area contributed by atoms with Gasteiger partial charge in [0, 0.05) is 18.3 Å². The lowest BCUT2D eigenvalue weighted by Gasteiger charge is -2.31. The Morgan fingerprint density at radius 3 is 3.11 bits per heavy atom. The number of piperidine rings is 1. The van der Waals surface area contributed by atoms with Crippen molar-refractivity contribution in [3.05, 3.63) is 30.1 Å². The van der Waals surface area contributed by atoms with Gasteiger partial charge in [0.25, 0.3) is 0 Å². The van der Waals surface area contributed by atoms with Crippen LogP contribution in [0.25, 0.3) is 0 Å². The van der Waals surface area contributed by atoms with Crippen molar-refractivity contribution < 1.29 is 9.18 Å². The van der Waals surface area contributed by atoms with Crippen LogP contribution in [-0.4, -0.2) is 43.5 Å². The molecule has 0 aromatic heterocycles. The smallest absolute Gasteiger partial charge is 0.238 e. The number of amides is 1. The van der Waals surface area contributed by atoms with Crippen LogP contribution in [0.3, 0.4) is 0 Å². The first kappa shape index (κ1) is 14.0. The lowest BCUT2D eigenvalue weighted by molar-refractivity contribution is -0.117. The summed E-state index contributed by atoms with van der Waals surface area (Å²) in [5.74, 6) is -0.437. The number of likely N-dealkylation sites (tertiary alicyclic amines) is 1. The summed E-state index contributed by atoms with van der Waals surface area (Å²) in [5, 5.41) is 5.96. The van der Waals surface area contributed by atoms with Crippen LogP contribution in [0.15, 0.2) is 24.3 Å². The number of likely N-dealkylation sites (N-methyl/N-ethyl adjacent to an activating group) is 1. The number of anilines is 1. The van der Waals surface area contributed by atoms with E-state index in [1.165, 1.54) is 12.1 Å². The Balaban J connectivity index is 1.84. The van der Waals surface area contributed by atoms with E-state index in [1.54, 1.807) is 12.1 Å². The van der Waals surface area contributed by atoms with Crippen LogP contribution in [0.4, 0.5) is 10.1 Å². The lowest BCUT2D eigenvalue weighted by Crippen LogP contribution is -2.46. The molecule has 1 aromatic carbocycles. The zero-order valence-corrected chi connectivity index (χ0v) is 11.2. The summed E-state index contributed by atoms with van der Waals surface area (Å²) >= 11 is 0. The van der Waals surface area contributed by atoms with E-state index in [0.29, 0.717) is 18.3 Å². The number of benzene rings is 1. The summed E-state index contributed by atoms with van der Waals surface area (Å²) in [5.41, 5.74) is 0.507. The van der Waals surface area contributed by atoms with Crippen molar-refractivity contribution in [3.8, 4) is 0 Å². The molecule has 0 bridgehead atoms. The normalized spacial score (nSPS) is 20.2. The molecule has 1 heterocycles. The highest BCUT2D eigenvalue weighted by molar-refractivity contribution is 5.92. The van der Waals surface area contributed by atoms with E-state index in [0.717, 1.165) is 25.9 Å². The van der Waals surface area contributed by atoms with Crippen LogP contribution in [0.2, 0.25) is 0 Å². The molecule has 0 radical (unpaired) electrons. The largest absolute Gasteiger partial charge is 0.325 e. The van der Waals surface area contributed by atoms with Crippen molar-refractivity contribution in [1.82, 2.24) is 10.2 Å². The topological polar surface area (TPSA) is 44.4 Å². The number of halogens is 1. The summed E-state index contributed by atoms with van der Waals surface area (Å²) in [7, 11) is 1.95. The second-order valence-corrected chi connectivity index (χ2v) is 4.92. The van der Waals surface area contributed by atoms with E-state index in [2.05, 4.69) is 15.5 Å². The van der Waals surface area contributed by atoms with E-state index >= 15 is 0 Å². The maximum Gasteiger partial charge on any atom is 0.238 e. The Morgan fingerprint density at radius 1 is 1.53 bits per heavy atom. The molecule has 2 rings (SSSR count). The van der Waals surface area contributed by atoms with Crippen LogP contribution in [0, 0.1) is 5.82 Å². The van der Waals surface area contributed by atoms with Crippen LogP contribution >= 0.6 is 0 Å².